The van der Waals surface area contributed by atoms with Crippen LogP contribution in [0.2, 0.25) is 0 Å². The maximum absolute atomic E-state index is 12.2. The summed E-state index contributed by atoms with van der Waals surface area (Å²) in [6.45, 7) is 6.24. The van der Waals surface area contributed by atoms with Gasteiger partial charge in [-0.15, -0.1) is 11.3 Å². The van der Waals surface area contributed by atoms with Crippen LogP contribution in [0, 0.1) is 12.8 Å². The second kappa shape index (κ2) is 5.78. The summed E-state index contributed by atoms with van der Waals surface area (Å²) in [7, 11) is 0. The van der Waals surface area contributed by atoms with E-state index in [4.69, 9.17) is 5.11 Å². The molecule has 0 aromatic carbocycles. The number of nitrogens with one attached hydrogen (secondary N) is 1. The fraction of sp³-hybridized carbons (Fsp3) is 0.615. The van der Waals surface area contributed by atoms with Crippen LogP contribution in [0.4, 0.5) is 9.93 Å². The van der Waals surface area contributed by atoms with Gasteiger partial charge >= 0.3 is 12.0 Å². The van der Waals surface area contributed by atoms with Crippen LogP contribution >= 0.6 is 11.3 Å². The molecule has 2 atom stereocenters. The number of anilines is 1. The SMILES string of the molecule is CCc1nc(NC(=O)N2CCC(C(=O)O)C2C)sc1C. The molecule has 2 rings (SSSR count). The molecular formula is C13H19N3O3S. The Bertz CT molecular complexity index is 529. The molecular weight excluding hydrogens is 278 g/mol. The fourth-order valence-corrected chi connectivity index (χ4v) is 3.42. The summed E-state index contributed by atoms with van der Waals surface area (Å²) in [6, 6.07) is -0.558. The third-order valence-corrected chi connectivity index (χ3v) is 4.70. The minimum Gasteiger partial charge on any atom is -0.481 e. The minimum absolute atomic E-state index is 0.266. The van der Waals surface area contributed by atoms with Crippen molar-refractivity contribution in [2.24, 2.45) is 5.92 Å². The number of aromatic nitrogens is 1. The van der Waals surface area contributed by atoms with E-state index in [2.05, 4.69) is 10.3 Å². The fourth-order valence-electron chi connectivity index (χ4n) is 2.53. The molecule has 0 spiro atoms. The Hall–Kier alpha value is -1.63. The summed E-state index contributed by atoms with van der Waals surface area (Å²) in [4.78, 5) is 30.3. The van der Waals surface area contributed by atoms with Crippen LogP contribution in [0.5, 0.6) is 0 Å². The predicted molar refractivity (Wildman–Crippen MR) is 77.2 cm³/mol. The Balaban J connectivity index is 2.03. The maximum atomic E-state index is 12.2. The van der Waals surface area contributed by atoms with Crippen LogP contribution in [0.25, 0.3) is 0 Å². The van der Waals surface area contributed by atoms with Crippen molar-refractivity contribution in [3.05, 3.63) is 10.6 Å². The Labute approximate surface area is 121 Å². The predicted octanol–water partition coefficient (Wildman–Crippen LogP) is 2.34. The molecule has 1 aromatic heterocycles. The quantitative estimate of drug-likeness (QED) is 0.897. The smallest absolute Gasteiger partial charge is 0.323 e. The van der Waals surface area contributed by atoms with Crippen molar-refractivity contribution in [3.63, 3.8) is 0 Å². The van der Waals surface area contributed by atoms with Crippen molar-refractivity contribution < 1.29 is 14.7 Å². The lowest BCUT2D eigenvalue weighted by Gasteiger charge is -2.22. The van der Waals surface area contributed by atoms with E-state index in [0.717, 1.165) is 17.0 Å². The highest BCUT2D eigenvalue weighted by Gasteiger charge is 2.38. The van der Waals surface area contributed by atoms with Crippen molar-refractivity contribution in [1.82, 2.24) is 9.88 Å². The summed E-state index contributed by atoms with van der Waals surface area (Å²) in [5.74, 6) is -1.32. The number of carbonyl (C=O) groups excluding carboxylic acids is 1. The van der Waals surface area contributed by atoms with Crippen molar-refractivity contribution >= 4 is 28.5 Å². The van der Waals surface area contributed by atoms with Gasteiger partial charge in [0.15, 0.2) is 5.13 Å². The number of hydrogen-bond donors (Lipinski definition) is 2. The number of amides is 2. The van der Waals surface area contributed by atoms with Crippen LogP contribution in [-0.4, -0.2) is 39.6 Å². The summed E-state index contributed by atoms with van der Waals surface area (Å²) >= 11 is 1.45. The number of hydrogen-bond acceptors (Lipinski definition) is 4. The molecule has 1 aliphatic heterocycles. The van der Waals surface area contributed by atoms with E-state index in [0.29, 0.717) is 18.1 Å². The molecule has 0 aliphatic carbocycles. The first-order chi connectivity index (χ1) is 9.43. The van der Waals surface area contributed by atoms with Gasteiger partial charge in [-0.3, -0.25) is 10.1 Å². The van der Waals surface area contributed by atoms with E-state index in [-0.39, 0.29) is 12.1 Å². The van der Waals surface area contributed by atoms with Crippen LogP contribution in [0.3, 0.4) is 0 Å². The van der Waals surface area contributed by atoms with Crippen LogP contribution < -0.4 is 5.32 Å². The number of thiazole rings is 1. The third-order valence-electron chi connectivity index (χ3n) is 3.77. The third kappa shape index (κ3) is 2.77. The minimum atomic E-state index is -0.842. The average Bonchev–Trinajstić information content (AvgIpc) is 2.92. The Morgan fingerprint density at radius 1 is 1.55 bits per heavy atom. The normalized spacial score (nSPS) is 22.1. The molecule has 1 aliphatic rings. The number of aliphatic carboxylic acids is 1. The van der Waals surface area contributed by atoms with Crippen LogP contribution in [0.15, 0.2) is 0 Å². The molecule has 1 saturated heterocycles. The molecule has 0 saturated carbocycles. The first-order valence-electron chi connectivity index (χ1n) is 6.70. The lowest BCUT2D eigenvalue weighted by atomic mass is 10.0. The first kappa shape index (κ1) is 14.8. The monoisotopic (exact) mass is 297 g/mol. The Kier molecular flexibility index (Phi) is 4.27. The summed E-state index contributed by atoms with van der Waals surface area (Å²) in [5.41, 5.74) is 0.989. The lowest BCUT2D eigenvalue weighted by molar-refractivity contribution is -0.142. The molecule has 1 fully saturated rings. The van der Waals surface area contributed by atoms with Gasteiger partial charge in [-0.05, 0) is 26.7 Å². The second-order valence-electron chi connectivity index (χ2n) is 4.97. The van der Waals surface area contributed by atoms with Gasteiger partial charge in [0.25, 0.3) is 0 Å². The van der Waals surface area contributed by atoms with E-state index in [1.54, 1.807) is 11.8 Å². The number of likely N-dealkylation sites (tertiary alicyclic amines) is 1. The van der Waals surface area contributed by atoms with E-state index >= 15 is 0 Å². The Morgan fingerprint density at radius 2 is 2.25 bits per heavy atom. The van der Waals surface area contributed by atoms with Gasteiger partial charge in [-0.2, -0.15) is 0 Å². The van der Waals surface area contributed by atoms with Gasteiger partial charge < -0.3 is 10.0 Å². The van der Waals surface area contributed by atoms with Gasteiger partial charge in [0.2, 0.25) is 0 Å². The summed E-state index contributed by atoms with van der Waals surface area (Å²) in [5, 5.41) is 12.4. The Morgan fingerprint density at radius 3 is 2.75 bits per heavy atom. The van der Waals surface area contributed by atoms with Crippen molar-refractivity contribution in [1.29, 1.82) is 0 Å². The van der Waals surface area contributed by atoms with E-state index < -0.39 is 11.9 Å². The second-order valence-corrected chi connectivity index (χ2v) is 6.18. The standard InChI is InChI=1S/C13H19N3O3S/c1-4-10-8(3)20-12(14-10)15-13(19)16-6-5-9(7(16)2)11(17)18/h7,9H,4-6H2,1-3H3,(H,17,18)(H,14,15,19). The molecule has 2 amide bonds. The molecule has 2 heterocycles. The van der Waals surface area contributed by atoms with Gasteiger partial charge in [0.05, 0.1) is 11.6 Å². The zero-order valence-electron chi connectivity index (χ0n) is 11.8. The number of nitrogens with zero attached hydrogens (tertiary/aromatic N) is 2. The lowest BCUT2D eigenvalue weighted by Crippen LogP contribution is -2.40. The summed E-state index contributed by atoms with van der Waals surface area (Å²) in [6.07, 6.45) is 1.33. The molecule has 2 N–H and O–H groups in total. The maximum Gasteiger partial charge on any atom is 0.323 e. The molecule has 0 radical (unpaired) electrons. The number of urea groups is 1. The summed E-state index contributed by atoms with van der Waals surface area (Å²) < 4.78 is 0. The molecule has 7 heteroatoms. The van der Waals surface area contributed by atoms with Crippen molar-refractivity contribution in [3.8, 4) is 0 Å². The number of carboxylic acids is 1. The van der Waals surface area contributed by atoms with Gasteiger partial charge in [0.1, 0.15) is 0 Å². The zero-order valence-corrected chi connectivity index (χ0v) is 12.7. The van der Waals surface area contributed by atoms with E-state index in [1.165, 1.54) is 11.3 Å². The van der Waals surface area contributed by atoms with Crippen molar-refractivity contribution in [2.45, 2.75) is 39.7 Å². The van der Waals surface area contributed by atoms with Gasteiger partial charge in [-0.1, -0.05) is 6.92 Å². The molecule has 1 aromatic rings. The van der Waals surface area contributed by atoms with Crippen LogP contribution in [-0.2, 0) is 11.2 Å². The highest BCUT2D eigenvalue weighted by Crippen LogP contribution is 2.27. The molecule has 20 heavy (non-hydrogen) atoms. The van der Waals surface area contributed by atoms with Gasteiger partial charge in [0, 0.05) is 17.5 Å². The van der Waals surface area contributed by atoms with Crippen molar-refractivity contribution in [2.75, 3.05) is 11.9 Å². The number of carboxylic acid groups (broad SMARTS) is 1. The first-order valence-corrected chi connectivity index (χ1v) is 7.52. The molecule has 2 unspecified atom stereocenters. The van der Waals surface area contributed by atoms with E-state index in [9.17, 15) is 9.59 Å². The molecule has 6 nitrogen and oxygen atoms in total. The van der Waals surface area contributed by atoms with Gasteiger partial charge in [-0.25, -0.2) is 9.78 Å². The highest BCUT2D eigenvalue weighted by atomic mass is 32.1. The topological polar surface area (TPSA) is 82.5 Å². The van der Waals surface area contributed by atoms with Crippen LogP contribution in [0.1, 0.15) is 30.8 Å². The number of rotatable bonds is 3. The molecule has 110 valence electrons. The molecule has 0 bridgehead atoms. The van der Waals surface area contributed by atoms with E-state index in [1.807, 2.05) is 13.8 Å². The number of carbonyl (C=O) groups is 2. The largest absolute Gasteiger partial charge is 0.481 e. The zero-order chi connectivity index (χ0) is 14.9. The average molecular weight is 297 g/mol. The number of aryl methyl sites for hydroxylation is 2. The highest BCUT2D eigenvalue weighted by molar-refractivity contribution is 7.15.